The monoisotopic (exact) mass is 388 g/mol. The number of benzene rings is 1. The molecule has 9 heteroatoms. The first kappa shape index (κ1) is 19.4. The van der Waals surface area contributed by atoms with Crippen molar-refractivity contribution >= 4 is 28.9 Å². The van der Waals surface area contributed by atoms with Crippen LogP contribution in [0.25, 0.3) is 0 Å². The molecule has 0 aromatic heterocycles. The average molecular weight is 389 g/mol. The molecule has 1 atom stereocenters. The van der Waals surface area contributed by atoms with Crippen molar-refractivity contribution < 1.29 is 22.0 Å². The third-order valence-electron chi connectivity index (χ3n) is 3.90. The summed E-state index contributed by atoms with van der Waals surface area (Å²) in [6.45, 7) is 0.583. The Kier molecular flexibility index (Phi) is 5.77. The number of rotatable bonds is 5. The van der Waals surface area contributed by atoms with Crippen molar-refractivity contribution in [3.05, 3.63) is 33.3 Å². The summed E-state index contributed by atoms with van der Waals surface area (Å²) in [7, 11) is 0. The van der Waals surface area contributed by atoms with Crippen LogP contribution in [0.15, 0.2) is 17.1 Å². The first-order valence-electron chi connectivity index (χ1n) is 7.17. The van der Waals surface area contributed by atoms with Crippen LogP contribution in [0.4, 0.5) is 22.0 Å². The van der Waals surface area contributed by atoms with Gasteiger partial charge < -0.3 is 5.32 Å². The summed E-state index contributed by atoms with van der Waals surface area (Å²) in [5, 5.41) is 3.17. The standard InChI is InChI=1S/C15H15Cl2F5N2/c1-8-4-9(16)5-11(17)10(8)6-23-12-2-3-13(12)24-7-14(18,19)15(20,21)22/h4-5,13,24H,2-3,6-7H2,1H3. The highest BCUT2D eigenvalue weighted by atomic mass is 35.5. The molecule has 1 aromatic carbocycles. The number of nitrogens with one attached hydrogen (secondary N) is 1. The first-order chi connectivity index (χ1) is 11.0. The molecule has 2 nitrogen and oxygen atoms in total. The van der Waals surface area contributed by atoms with Gasteiger partial charge in [0.1, 0.15) is 0 Å². The van der Waals surface area contributed by atoms with Crippen LogP contribution in [0.1, 0.15) is 24.0 Å². The molecule has 2 rings (SSSR count). The molecule has 134 valence electrons. The summed E-state index contributed by atoms with van der Waals surface area (Å²) >= 11 is 12.0. The highest BCUT2D eigenvalue weighted by Gasteiger charge is 2.57. The van der Waals surface area contributed by atoms with Gasteiger partial charge >= 0.3 is 12.1 Å². The normalized spacial score (nSPS) is 20.3. The van der Waals surface area contributed by atoms with E-state index in [1.165, 1.54) is 0 Å². The maximum atomic E-state index is 12.9. The zero-order valence-electron chi connectivity index (χ0n) is 12.7. The summed E-state index contributed by atoms with van der Waals surface area (Å²) in [6, 6.07) is 2.74. The largest absolute Gasteiger partial charge is 0.454 e. The Labute approximate surface area is 146 Å². The number of halogens is 7. The summed E-state index contributed by atoms with van der Waals surface area (Å²) < 4.78 is 62.3. The van der Waals surface area contributed by atoms with Gasteiger partial charge in [0.05, 0.1) is 13.1 Å². The third-order valence-corrected chi connectivity index (χ3v) is 4.46. The molecule has 1 fully saturated rings. The van der Waals surface area contributed by atoms with Gasteiger partial charge in [-0.15, -0.1) is 0 Å². The Hall–Kier alpha value is -0.920. The van der Waals surface area contributed by atoms with Crippen molar-refractivity contribution in [3.8, 4) is 0 Å². The zero-order valence-corrected chi connectivity index (χ0v) is 14.2. The van der Waals surface area contributed by atoms with Crippen LogP contribution in [0.5, 0.6) is 0 Å². The van der Waals surface area contributed by atoms with Crippen LogP contribution >= 0.6 is 23.2 Å². The van der Waals surface area contributed by atoms with E-state index in [0.29, 0.717) is 28.6 Å². The minimum atomic E-state index is -5.56. The lowest BCUT2D eigenvalue weighted by Crippen LogP contribution is -2.52. The van der Waals surface area contributed by atoms with Gasteiger partial charge in [0.2, 0.25) is 0 Å². The Bertz CT molecular complexity index is 620. The fourth-order valence-corrected chi connectivity index (χ4v) is 2.95. The molecular weight excluding hydrogens is 374 g/mol. The molecule has 0 amide bonds. The van der Waals surface area contributed by atoms with Gasteiger partial charge in [-0.05, 0) is 43.0 Å². The van der Waals surface area contributed by atoms with E-state index >= 15 is 0 Å². The molecule has 0 aliphatic heterocycles. The Morgan fingerprint density at radius 1 is 1.21 bits per heavy atom. The number of nitrogens with zero attached hydrogens (tertiary/aromatic N) is 1. The molecule has 1 aromatic rings. The average Bonchev–Trinajstić information content (AvgIpc) is 2.39. The van der Waals surface area contributed by atoms with Crippen LogP contribution < -0.4 is 5.32 Å². The van der Waals surface area contributed by atoms with Crippen LogP contribution in [-0.4, -0.2) is 30.4 Å². The lowest BCUT2D eigenvalue weighted by molar-refractivity contribution is -0.279. The second-order valence-corrected chi connectivity index (χ2v) is 6.51. The third kappa shape index (κ3) is 4.37. The zero-order chi connectivity index (χ0) is 18.1. The van der Waals surface area contributed by atoms with E-state index in [1.807, 2.05) is 6.92 Å². The van der Waals surface area contributed by atoms with E-state index in [0.717, 1.165) is 11.1 Å². The van der Waals surface area contributed by atoms with Gasteiger partial charge in [-0.1, -0.05) is 23.2 Å². The van der Waals surface area contributed by atoms with E-state index in [4.69, 9.17) is 23.2 Å². The van der Waals surface area contributed by atoms with Crippen LogP contribution in [-0.2, 0) is 6.54 Å². The second kappa shape index (κ2) is 7.14. The predicted molar refractivity (Wildman–Crippen MR) is 84.4 cm³/mol. The summed E-state index contributed by atoms with van der Waals surface area (Å²) in [4.78, 5) is 4.30. The molecule has 1 aliphatic carbocycles. The summed E-state index contributed by atoms with van der Waals surface area (Å²) in [5.74, 6) is -4.76. The Balaban J connectivity index is 1.98. The number of hydrogen-bond acceptors (Lipinski definition) is 2. The molecule has 24 heavy (non-hydrogen) atoms. The summed E-state index contributed by atoms with van der Waals surface area (Å²) in [5.41, 5.74) is 2.16. The number of aryl methyl sites for hydroxylation is 1. The Morgan fingerprint density at radius 3 is 2.38 bits per heavy atom. The molecular formula is C15H15Cl2F5N2. The van der Waals surface area contributed by atoms with Crippen molar-refractivity contribution in [1.29, 1.82) is 0 Å². The number of aliphatic imine (C=N–C) groups is 1. The fourth-order valence-electron chi connectivity index (χ4n) is 2.29. The topological polar surface area (TPSA) is 24.4 Å². The maximum Gasteiger partial charge on any atom is 0.454 e. The molecule has 1 unspecified atom stereocenters. The fraction of sp³-hybridized carbons (Fsp3) is 0.533. The van der Waals surface area contributed by atoms with Crippen LogP contribution in [0, 0.1) is 6.92 Å². The first-order valence-corrected chi connectivity index (χ1v) is 7.92. The van der Waals surface area contributed by atoms with Crippen molar-refractivity contribution in [2.45, 2.75) is 44.5 Å². The van der Waals surface area contributed by atoms with Crippen molar-refractivity contribution in [2.75, 3.05) is 6.54 Å². The van der Waals surface area contributed by atoms with Crippen molar-refractivity contribution in [1.82, 2.24) is 5.32 Å². The summed E-state index contributed by atoms with van der Waals surface area (Å²) in [6.07, 6.45) is -4.53. The minimum absolute atomic E-state index is 0.227. The highest BCUT2D eigenvalue weighted by molar-refractivity contribution is 6.35. The van der Waals surface area contributed by atoms with Gasteiger partial charge in [0.25, 0.3) is 0 Å². The van der Waals surface area contributed by atoms with Gasteiger partial charge in [0, 0.05) is 21.8 Å². The SMILES string of the molecule is Cc1cc(Cl)cc(Cl)c1CN=C1CCC1NCC(F)(F)C(F)(F)F. The number of hydrogen-bond donors (Lipinski definition) is 1. The Morgan fingerprint density at radius 2 is 1.88 bits per heavy atom. The lowest BCUT2D eigenvalue weighted by Gasteiger charge is -2.31. The maximum absolute atomic E-state index is 12.9. The van der Waals surface area contributed by atoms with E-state index in [-0.39, 0.29) is 6.54 Å². The highest BCUT2D eigenvalue weighted by Crippen LogP contribution is 2.35. The van der Waals surface area contributed by atoms with Crippen molar-refractivity contribution in [2.24, 2.45) is 4.99 Å². The van der Waals surface area contributed by atoms with E-state index in [2.05, 4.69) is 10.3 Å². The van der Waals surface area contributed by atoms with Gasteiger partial charge in [0.15, 0.2) is 0 Å². The quantitative estimate of drug-likeness (QED) is 0.689. The molecule has 0 heterocycles. The molecule has 0 spiro atoms. The molecule has 1 N–H and O–H groups in total. The number of alkyl halides is 5. The van der Waals surface area contributed by atoms with E-state index in [9.17, 15) is 22.0 Å². The molecule has 0 radical (unpaired) electrons. The van der Waals surface area contributed by atoms with Gasteiger partial charge in [-0.3, -0.25) is 4.99 Å². The van der Waals surface area contributed by atoms with Crippen LogP contribution in [0.3, 0.4) is 0 Å². The molecule has 1 saturated carbocycles. The van der Waals surface area contributed by atoms with Crippen LogP contribution in [0.2, 0.25) is 10.0 Å². The van der Waals surface area contributed by atoms with Crippen molar-refractivity contribution in [3.63, 3.8) is 0 Å². The smallest absolute Gasteiger partial charge is 0.303 e. The van der Waals surface area contributed by atoms with E-state index < -0.39 is 24.7 Å². The van der Waals surface area contributed by atoms with Gasteiger partial charge in [-0.25, -0.2) is 0 Å². The predicted octanol–water partition coefficient (Wildman–Crippen LogP) is 5.19. The van der Waals surface area contributed by atoms with Gasteiger partial charge in [-0.2, -0.15) is 22.0 Å². The molecule has 0 bridgehead atoms. The molecule has 0 saturated heterocycles. The van der Waals surface area contributed by atoms with E-state index in [1.54, 1.807) is 12.1 Å². The lowest BCUT2D eigenvalue weighted by atomic mass is 9.89. The second-order valence-electron chi connectivity index (χ2n) is 5.66. The molecule has 1 aliphatic rings. The minimum Gasteiger partial charge on any atom is -0.303 e.